The summed E-state index contributed by atoms with van der Waals surface area (Å²) in [7, 11) is 0. The molecule has 1 aromatic carbocycles. The number of hydrogen-bond acceptors (Lipinski definition) is 5. The van der Waals surface area contributed by atoms with Crippen molar-refractivity contribution in [3.05, 3.63) is 29.8 Å². The third kappa shape index (κ3) is 7.68. The van der Waals surface area contributed by atoms with Crippen molar-refractivity contribution in [3.63, 3.8) is 0 Å². The van der Waals surface area contributed by atoms with Crippen LogP contribution in [0.5, 0.6) is 0 Å². The predicted molar refractivity (Wildman–Crippen MR) is 139 cm³/mol. The first-order valence-electron chi connectivity index (χ1n) is 12.5. The van der Waals surface area contributed by atoms with Crippen molar-refractivity contribution in [2.75, 3.05) is 18.4 Å². The number of urea groups is 2. The first-order chi connectivity index (χ1) is 17.2. The lowest BCUT2D eigenvalue weighted by Crippen LogP contribution is -2.53. The van der Waals surface area contributed by atoms with Crippen LogP contribution in [0.25, 0.3) is 0 Å². The van der Waals surface area contributed by atoms with Gasteiger partial charge in [0.05, 0.1) is 6.42 Å². The summed E-state index contributed by atoms with van der Waals surface area (Å²) in [5.41, 5.74) is 0.449. The van der Waals surface area contributed by atoms with Crippen LogP contribution in [-0.2, 0) is 14.4 Å². The van der Waals surface area contributed by atoms with Crippen LogP contribution in [0.1, 0.15) is 59.4 Å². The van der Waals surface area contributed by atoms with Crippen LogP contribution in [-0.4, -0.2) is 75.5 Å². The minimum absolute atomic E-state index is 0.000689. The number of nitrogens with zero attached hydrogens (tertiary/aromatic N) is 2. The lowest BCUT2D eigenvalue weighted by molar-refractivity contribution is -0.140. The van der Waals surface area contributed by atoms with Crippen molar-refractivity contribution in [2.45, 2.75) is 78.4 Å². The smallest absolute Gasteiger partial charge is 0.328 e. The van der Waals surface area contributed by atoms with E-state index in [1.165, 1.54) is 4.90 Å². The highest BCUT2D eigenvalue weighted by Gasteiger charge is 2.54. The molecule has 11 nitrogen and oxygen atoms in total. The van der Waals surface area contributed by atoms with E-state index in [-0.39, 0.29) is 37.9 Å². The van der Waals surface area contributed by atoms with Crippen molar-refractivity contribution in [1.29, 1.82) is 0 Å². The van der Waals surface area contributed by atoms with Gasteiger partial charge in [0, 0.05) is 24.8 Å². The maximum absolute atomic E-state index is 13.4. The summed E-state index contributed by atoms with van der Waals surface area (Å²) in [5, 5.41) is 17.2. The van der Waals surface area contributed by atoms with Gasteiger partial charge in [-0.15, -0.1) is 0 Å². The van der Waals surface area contributed by atoms with Gasteiger partial charge in [-0.05, 0) is 58.1 Å². The number of hydrogen-bond donors (Lipinski definition) is 4. The number of para-hydroxylation sites is 1. The van der Waals surface area contributed by atoms with Gasteiger partial charge < -0.3 is 26.0 Å². The number of carbonyl (C=O) groups is 5. The summed E-state index contributed by atoms with van der Waals surface area (Å²) in [6.07, 6.45) is 0.367. The van der Waals surface area contributed by atoms with E-state index < -0.39 is 41.4 Å². The Bertz CT molecular complexity index is 1020. The van der Waals surface area contributed by atoms with Crippen molar-refractivity contribution in [1.82, 2.24) is 20.4 Å². The Kier molecular flexibility index (Phi) is 10.0. The zero-order valence-corrected chi connectivity index (χ0v) is 22.5. The van der Waals surface area contributed by atoms with Gasteiger partial charge >= 0.3 is 18.0 Å². The summed E-state index contributed by atoms with van der Waals surface area (Å²) in [5.74, 6) is -2.11. The number of nitrogens with one attached hydrogen (secondary N) is 3. The maximum atomic E-state index is 13.4. The van der Waals surface area contributed by atoms with Crippen LogP contribution in [0.4, 0.5) is 15.3 Å². The minimum Gasteiger partial charge on any atom is -0.481 e. The third-order valence-corrected chi connectivity index (χ3v) is 6.27. The molecule has 1 fully saturated rings. The lowest BCUT2D eigenvalue weighted by Gasteiger charge is -2.28. The Labute approximate surface area is 217 Å². The monoisotopic (exact) mass is 517 g/mol. The first-order valence-corrected chi connectivity index (χ1v) is 12.5. The van der Waals surface area contributed by atoms with E-state index in [2.05, 4.69) is 16.0 Å². The molecule has 11 heteroatoms. The number of carboxylic acids is 1. The highest BCUT2D eigenvalue weighted by molar-refractivity contribution is 6.09. The highest BCUT2D eigenvalue weighted by atomic mass is 16.4. The molecular formula is C26H39N5O6. The summed E-state index contributed by atoms with van der Waals surface area (Å²) < 4.78 is 0. The molecule has 1 aliphatic heterocycles. The van der Waals surface area contributed by atoms with Gasteiger partial charge in [-0.25, -0.2) is 14.5 Å². The number of aliphatic carboxylic acids is 1. The number of amides is 6. The molecule has 1 heterocycles. The molecule has 2 unspecified atom stereocenters. The average molecular weight is 518 g/mol. The standard InChI is InChI=1S/C26H39N5O6/c1-16(2)14-20(22(34)28-18(4)15-21(32)33)31-23(35)26(5,6)30(25(31)37)13-9-12-27-24(36)29-19-11-8-7-10-17(19)3/h7-8,10-11,16,18,20H,9,12-15H2,1-6H3,(H,28,34)(H,32,33)(H2,27,29,36). The van der Waals surface area contributed by atoms with E-state index in [1.54, 1.807) is 26.8 Å². The second-order valence-electron chi connectivity index (χ2n) is 10.4. The van der Waals surface area contributed by atoms with Gasteiger partial charge in [0.2, 0.25) is 5.91 Å². The minimum atomic E-state index is -1.18. The Hall–Kier alpha value is -3.63. The zero-order valence-electron chi connectivity index (χ0n) is 22.5. The molecule has 2 rings (SSSR count). The molecule has 0 bridgehead atoms. The normalized spacial score (nSPS) is 16.5. The SMILES string of the molecule is Cc1ccccc1NC(=O)NCCCN1C(=O)N(C(CC(C)C)C(=O)NC(C)CC(=O)O)C(=O)C1(C)C. The molecule has 4 N–H and O–H groups in total. The molecule has 0 saturated carbocycles. The molecule has 0 radical (unpaired) electrons. The largest absolute Gasteiger partial charge is 0.481 e. The quantitative estimate of drug-likeness (QED) is 0.247. The topological polar surface area (TPSA) is 148 Å². The van der Waals surface area contributed by atoms with Crippen molar-refractivity contribution in [3.8, 4) is 0 Å². The number of rotatable bonds is 12. The number of benzene rings is 1. The number of carbonyl (C=O) groups excluding carboxylic acids is 4. The number of imide groups is 1. The Morgan fingerprint density at radius 2 is 1.73 bits per heavy atom. The van der Waals surface area contributed by atoms with E-state index in [0.717, 1.165) is 10.5 Å². The van der Waals surface area contributed by atoms with E-state index in [0.29, 0.717) is 12.1 Å². The van der Waals surface area contributed by atoms with Gasteiger partial charge in [0.25, 0.3) is 5.91 Å². The van der Waals surface area contributed by atoms with Crippen LogP contribution in [0.2, 0.25) is 0 Å². The predicted octanol–water partition coefficient (Wildman–Crippen LogP) is 2.94. The molecule has 2 atom stereocenters. The third-order valence-electron chi connectivity index (χ3n) is 6.27. The first kappa shape index (κ1) is 29.6. The second-order valence-corrected chi connectivity index (χ2v) is 10.4. The van der Waals surface area contributed by atoms with Gasteiger partial charge in [0.15, 0.2) is 0 Å². The molecule has 204 valence electrons. The Balaban J connectivity index is 2.04. The van der Waals surface area contributed by atoms with Gasteiger partial charge in [0.1, 0.15) is 11.6 Å². The average Bonchev–Trinajstić information content (AvgIpc) is 2.94. The van der Waals surface area contributed by atoms with Gasteiger partial charge in [-0.2, -0.15) is 0 Å². The molecule has 1 aromatic rings. The van der Waals surface area contributed by atoms with Crippen LogP contribution in [0.15, 0.2) is 24.3 Å². The summed E-state index contributed by atoms with van der Waals surface area (Å²) >= 11 is 0. The summed E-state index contributed by atoms with van der Waals surface area (Å²) in [4.78, 5) is 65.4. The molecule has 1 saturated heterocycles. The van der Waals surface area contributed by atoms with E-state index in [4.69, 9.17) is 5.11 Å². The molecule has 37 heavy (non-hydrogen) atoms. The zero-order chi connectivity index (χ0) is 27.9. The van der Waals surface area contributed by atoms with Crippen LogP contribution in [0, 0.1) is 12.8 Å². The van der Waals surface area contributed by atoms with Crippen molar-refractivity contribution >= 4 is 35.5 Å². The molecule has 6 amide bonds. The van der Waals surface area contributed by atoms with Gasteiger partial charge in [-0.1, -0.05) is 32.0 Å². The highest BCUT2D eigenvalue weighted by Crippen LogP contribution is 2.31. The molecule has 0 aliphatic carbocycles. The van der Waals surface area contributed by atoms with Crippen LogP contribution < -0.4 is 16.0 Å². The number of aryl methyl sites for hydroxylation is 1. The second kappa shape index (κ2) is 12.6. The fourth-order valence-corrected chi connectivity index (χ4v) is 4.26. The number of carboxylic acid groups (broad SMARTS) is 1. The number of anilines is 1. The molecule has 0 spiro atoms. The Morgan fingerprint density at radius 1 is 1.08 bits per heavy atom. The van der Waals surface area contributed by atoms with Crippen molar-refractivity contribution in [2.24, 2.45) is 5.92 Å². The van der Waals surface area contributed by atoms with E-state index in [9.17, 15) is 24.0 Å². The van der Waals surface area contributed by atoms with Gasteiger partial charge in [-0.3, -0.25) is 14.4 Å². The molecular weight excluding hydrogens is 478 g/mol. The summed E-state index contributed by atoms with van der Waals surface area (Å²) in [6, 6.07) is 4.72. The molecule has 1 aliphatic rings. The molecule has 0 aromatic heterocycles. The fourth-order valence-electron chi connectivity index (χ4n) is 4.26. The van der Waals surface area contributed by atoms with E-state index >= 15 is 0 Å². The lowest BCUT2D eigenvalue weighted by atomic mass is 9.99. The fraction of sp³-hybridized carbons (Fsp3) is 0.577. The Morgan fingerprint density at radius 3 is 2.32 bits per heavy atom. The van der Waals surface area contributed by atoms with E-state index in [1.807, 2.05) is 39.0 Å². The van der Waals surface area contributed by atoms with Crippen molar-refractivity contribution < 1.29 is 29.1 Å². The van der Waals surface area contributed by atoms with Crippen LogP contribution in [0.3, 0.4) is 0 Å². The van der Waals surface area contributed by atoms with Crippen LogP contribution >= 0.6 is 0 Å². The summed E-state index contributed by atoms with van der Waals surface area (Å²) in [6.45, 7) is 10.9. The maximum Gasteiger partial charge on any atom is 0.328 e.